The maximum atomic E-state index is 13.2. The lowest BCUT2D eigenvalue weighted by molar-refractivity contribution is -0.123. The van der Waals surface area contributed by atoms with Gasteiger partial charge in [-0.25, -0.2) is 8.42 Å². The van der Waals surface area contributed by atoms with E-state index in [0.29, 0.717) is 30.9 Å². The summed E-state index contributed by atoms with van der Waals surface area (Å²) in [4.78, 5) is 13.2. The molecule has 1 amide bonds. The van der Waals surface area contributed by atoms with E-state index in [-0.39, 0.29) is 5.91 Å². The molecule has 30 heavy (non-hydrogen) atoms. The Bertz CT molecular complexity index is 925. The molecule has 0 aromatic heterocycles. The number of carbonyl (C=O) groups excluding carboxylic acids is 1. The highest BCUT2D eigenvalue weighted by Crippen LogP contribution is 2.26. The first-order valence-corrected chi connectivity index (χ1v) is 12.0. The van der Waals surface area contributed by atoms with Gasteiger partial charge < -0.3 is 10.1 Å². The molecule has 0 saturated heterocycles. The summed E-state index contributed by atoms with van der Waals surface area (Å²) >= 11 is 0. The van der Waals surface area contributed by atoms with Crippen molar-refractivity contribution >= 4 is 21.6 Å². The third-order valence-electron chi connectivity index (χ3n) is 4.68. The summed E-state index contributed by atoms with van der Waals surface area (Å²) in [6.07, 6.45) is 2.10. The molecule has 0 fully saturated rings. The lowest BCUT2D eigenvalue weighted by Gasteiger charge is -2.34. The third-order valence-corrected chi connectivity index (χ3v) is 5.86. The van der Waals surface area contributed by atoms with Gasteiger partial charge in [0.15, 0.2) is 0 Å². The highest BCUT2D eigenvalue weighted by molar-refractivity contribution is 7.92. The van der Waals surface area contributed by atoms with Crippen LogP contribution in [0.3, 0.4) is 0 Å². The Morgan fingerprint density at radius 2 is 1.67 bits per heavy atom. The summed E-state index contributed by atoms with van der Waals surface area (Å²) in [5.74, 6) is 0.328. The number of hydrogen-bond donors (Lipinski definition) is 1. The second-order valence-corrected chi connectivity index (χ2v) is 9.80. The van der Waals surface area contributed by atoms with E-state index in [1.807, 2.05) is 51.1 Å². The van der Waals surface area contributed by atoms with Crippen LogP contribution in [-0.4, -0.2) is 38.8 Å². The van der Waals surface area contributed by atoms with Gasteiger partial charge in [0.2, 0.25) is 15.9 Å². The Labute approximate surface area is 180 Å². The van der Waals surface area contributed by atoms with Crippen LogP contribution in [0.25, 0.3) is 0 Å². The van der Waals surface area contributed by atoms with Crippen molar-refractivity contribution in [1.29, 1.82) is 0 Å². The zero-order chi connectivity index (χ0) is 22.4. The quantitative estimate of drug-likeness (QED) is 0.620. The molecule has 2 aromatic rings. The van der Waals surface area contributed by atoms with Crippen LogP contribution in [0, 0.1) is 0 Å². The van der Waals surface area contributed by atoms with Gasteiger partial charge in [-0.15, -0.1) is 0 Å². The number of sulfonamides is 1. The minimum Gasteiger partial charge on any atom is -0.494 e. The first-order chi connectivity index (χ1) is 14.1. The molecule has 2 aromatic carbocycles. The number of amides is 1. The summed E-state index contributed by atoms with van der Waals surface area (Å²) in [5.41, 5.74) is 1.000. The molecule has 0 aliphatic carbocycles. The van der Waals surface area contributed by atoms with Crippen molar-refractivity contribution in [1.82, 2.24) is 5.32 Å². The molecule has 1 N–H and O–H groups in total. The zero-order valence-electron chi connectivity index (χ0n) is 18.4. The maximum absolute atomic E-state index is 13.2. The minimum atomic E-state index is -3.68. The lowest BCUT2D eigenvalue weighted by Crippen LogP contribution is -2.55. The lowest BCUT2D eigenvalue weighted by atomic mass is 9.94. The summed E-state index contributed by atoms with van der Waals surface area (Å²) in [7, 11) is -3.68. The molecule has 1 atom stereocenters. The van der Waals surface area contributed by atoms with Crippen LogP contribution in [0.1, 0.15) is 39.7 Å². The molecule has 0 saturated carbocycles. The Balaban J connectivity index is 2.26. The van der Waals surface area contributed by atoms with Crippen LogP contribution in [0.5, 0.6) is 5.75 Å². The van der Waals surface area contributed by atoms with E-state index in [9.17, 15) is 13.2 Å². The fraction of sp³-hybridized carbons (Fsp3) is 0.435. The van der Waals surface area contributed by atoms with E-state index in [4.69, 9.17) is 4.74 Å². The van der Waals surface area contributed by atoms with Crippen molar-refractivity contribution in [3.63, 3.8) is 0 Å². The number of ether oxygens (including phenoxy) is 1. The summed E-state index contributed by atoms with van der Waals surface area (Å²) in [6, 6.07) is 15.8. The standard InChI is InChI=1S/C23H32N2O4S/c1-6-21(22(26)24-23(3,4)17-18-11-9-8-10-12-18)25(30(5,27)28)19-13-15-20(16-14-19)29-7-2/h8-16,21H,6-7,17H2,1-5H3,(H,24,26)/t21-/m1/s1. The van der Waals surface area contributed by atoms with Crippen molar-refractivity contribution in [2.75, 3.05) is 17.2 Å². The van der Waals surface area contributed by atoms with Crippen molar-refractivity contribution in [2.24, 2.45) is 0 Å². The topological polar surface area (TPSA) is 75.7 Å². The molecule has 0 unspecified atom stereocenters. The number of carbonyl (C=O) groups is 1. The Morgan fingerprint density at radius 3 is 2.17 bits per heavy atom. The van der Waals surface area contributed by atoms with Crippen LogP contribution < -0.4 is 14.4 Å². The highest BCUT2D eigenvalue weighted by Gasteiger charge is 2.34. The average Bonchev–Trinajstić information content (AvgIpc) is 2.66. The van der Waals surface area contributed by atoms with E-state index < -0.39 is 21.6 Å². The Hall–Kier alpha value is -2.54. The molecule has 164 valence electrons. The monoisotopic (exact) mass is 432 g/mol. The number of hydrogen-bond acceptors (Lipinski definition) is 4. The average molecular weight is 433 g/mol. The molecule has 2 rings (SSSR count). The molecule has 0 spiro atoms. The number of anilines is 1. The summed E-state index contributed by atoms with van der Waals surface area (Å²) in [6.45, 7) is 8.08. The van der Waals surface area contributed by atoms with Crippen molar-refractivity contribution in [3.05, 3.63) is 60.2 Å². The van der Waals surface area contributed by atoms with Crippen molar-refractivity contribution in [3.8, 4) is 5.75 Å². The van der Waals surface area contributed by atoms with Gasteiger partial charge in [-0.1, -0.05) is 37.3 Å². The van der Waals surface area contributed by atoms with Gasteiger partial charge in [0.1, 0.15) is 11.8 Å². The van der Waals surface area contributed by atoms with Crippen LogP contribution in [0.2, 0.25) is 0 Å². The molecule has 0 radical (unpaired) electrons. The van der Waals surface area contributed by atoms with Gasteiger partial charge in [0.05, 0.1) is 18.6 Å². The maximum Gasteiger partial charge on any atom is 0.244 e. The van der Waals surface area contributed by atoms with Gasteiger partial charge in [0.25, 0.3) is 0 Å². The Kier molecular flexibility index (Phi) is 7.89. The predicted octanol–water partition coefficient (Wildman–Crippen LogP) is 3.77. The van der Waals surface area contributed by atoms with Gasteiger partial charge >= 0.3 is 0 Å². The fourth-order valence-corrected chi connectivity index (χ4v) is 4.70. The Morgan fingerprint density at radius 1 is 1.07 bits per heavy atom. The summed E-state index contributed by atoms with van der Waals surface area (Å²) < 4.78 is 31.9. The van der Waals surface area contributed by atoms with Gasteiger partial charge in [-0.2, -0.15) is 0 Å². The molecular weight excluding hydrogens is 400 g/mol. The predicted molar refractivity (Wildman–Crippen MR) is 121 cm³/mol. The normalized spacial score (nSPS) is 12.8. The highest BCUT2D eigenvalue weighted by atomic mass is 32.2. The van der Waals surface area contributed by atoms with Crippen LogP contribution in [-0.2, 0) is 21.2 Å². The summed E-state index contributed by atoms with van der Waals surface area (Å²) in [5, 5.41) is 3.04. The number of nitrogens with one attached hydrogen (secondary N) is 1. The largest absolute Gasteiger partial charge is 0.494 e. The number of benzene rings is 2. The van der Waals surface area contributed by atoms with Gasteiger partial charge in [0, 0.05) is 5.54 Å². The van der Waals surface area contributed by atoms with Crippen LogP contribution in [0.4, 0.5) is 5.69 Å². The fourth-order valence-electron chi connectivity index (χ4n) is 3.48. The van der Waals surface area contributed by atoms with Crippen molar-refractivity contribution < 1.29 is 17.9 Å². The molecule has 0 bridgehead atoms. The second-order valence-electron chi connectivity index (χ2n) is 7.95. The van der Waals surface area contributed by atoms with Gasteiger partial charge in [-0.05, 0) is 63.4 Å². The van der Waals surface area contributed by atoms with E-state index in [1.54, 1.807) is 31.2 Å². The van der Waals surface area contributed by atoms with E-state index >= 15 is 0 Å². The molecular formula is C23H32N2O4S. The van der Waals surface area contributed by atoms with Crippen LogP contribution in [0.15, 0.2) is 54.6 Å². The second kappa shape index (κ2) is 9.98. The SMILES string of the molecule is CCOc1ccc(N([C@H](CC)C(=O)NC(C)(C)Cc2ccccc2)S(C)(=O)=O)cc1. The number of nitrogens with zero attached hydrogens (tertiary/aromatic N) is 1. The smallest absolute Gasteiger partial charge is 0.244 e. The van der Waals surface area contributed by atoms with Gasteiger partial charge in [-0.3, -0.25) is 9.10 Å². The molecule has 0 heterocycles. The molecule has 6 nitrogen and oxygen atoms in total. The molecule has 0 aliphatic heterocycles. The third kappa shape index (κ3) is 6.49. The van der Waals surface area contributed by atoms with E-state index in [0.717, 1.165) is 11.8 Å². The zero-order valence-corrected chi connectivity index (χ0v) is 19.2. The first kappa shape index (κ1) is 23.7. The minimum absolute atomic E-state index is 0.322. The first-order valence-electron chi connectivity index (χ1n) is 10.2. The van der Waals surface area contributed by atoms with Crippen molar-refractivity contribution in [2.45, 2.75) is 52.1 Å². The molecule has 7 heteroatoms. The van der Waals surface area contributed by atoms with Crippen LogP contribution >= 0.6 is 0 Å². The molecule has 0 aliphatic rings. The van der Waals surface area contributed by atoms with E-state index in [2.05, 4.69) is 5.32 Å². The number of rotatable bonds is 10. The van der Waals surface area contributed by atoms with E-state index in [1.165, 1.54) is 4.31 Å².